The fourth-order valence-electron chi connectivity index (χ4n) is 3.38. The molecule has 2 aromatic carbocycles. The lowest BCUT2D eigenvalue weighted by molar-refractivity contribution is 0.193. The van der Waals surface area contributed by atoms with Gasteiger partial charge in [0.15, 0.2) is 11.4 Å². The molecular formula is C20H18N4O2. The van der Waals surface area contributed by atoms with Crippen LogP contribution < -0.4 is 0 Å². The predicted octanol–water partition coefficient (Wildman–Crippen LogP) is 3.50. The highest BCUT2D eigenvalue weighted by Crippen LogP contribution is 2.26. The van der Waals surface area contributed by atoms with Gasteiger partial charge in [0.2, 0.25) is 0 Å². The molecule has 4 aromatic rings. The fraction of sp³-hybridized carbons (Fsp3) is 0.250. The number of aromatic nitrogens is 4. The minimum Gasteiger partial charge on any atom is -0.381 e. The maximum absolute atomic E-state index is 5.51. The molecule has 1 aliphatic rings. The van der Waals surface area contributed by atoms with Crippen LogP contribution in [0.5, 0.6) is 0 Å². The second-order valence-corrected chi connectivity index (χ2v) is 6.50. The van der Waals surface area contributed by atoms with E-state index < -0.39 is 0 Å². The molecule has 0 unspecified atom stereocenters. The number of hydrogen-bond donors (Lipinski definition) is 0. The Kier molecular flexibility index (Phi) is 3.75. The molecule has 0 N–H and O–H groups in total. The zero-order valence-corrected chi connectivity index (χ0v) is 14.2. The summed E-state index contributed by atoms with van der Waals surface area (Å²) >= 11 is 0. The number of hydrogen-bond acceptors (Lipinski definition) is 5. The van der Waals surface area contributed by atoms with E-state index in [0.29, 0.717) is 13.0 Å². The number of nitrogens with zero attached hydrogens (tertiary/aromatic N) is 4. The van der Waals surface area contributed by atoms with Crippen LogP contribution in [0.25, 0.3) is 16.7 Å². The van der Waals surface area contributed by atoms with Gasteiger partial charge < -0.3 is 9.26 Å². The third-order valence-corrected chi connectivity index (χ3v) is 4.76. The Hall–Kier alpha value is -2.99. The van der Waals surface area contributed by atoms with Gasteiger partial charge in [0, 0.05) is 17.9 Å². The SMILES string of the molecule is c1ccc(-n2nc([C@@H]3CCOC3)nc2Cc2noc3ccccc23)cc1. The van der Waals surface area contributed by atoms with Crippen LogP contribution in [0, 0.1) is 0 Å². The van der Waals surface area contributed by atoms with Crippen LogP contribution in [0.1, 0.15) is 29.7 Å². The summed E-state index contributed by atoms with van der Waals surface area (Å²) in [6.45, 7) is 1.46. The average molecular weight is 346 g/mol. The van der Waals surface area contributed by atoms with Gasteiger partial charge in [-0.2, -0.15) is 5.10 Å². The van der Waals surface area contributed by atoms with E-state index in [4.69, 9.17) is 19.3 Å². The fourth-order valence-corrected chi connectivity index (χ4v) is 3.38. The third-order valence-electron chi connectivity index (χ3n) is 4.76. The van der Waals surface area contributed by atoms with E-state index in [0.717, 1.165) is 47.0 Å². The Bertz CT molecular complexity index is 1030. The van der Waals surface area contributed by atoms with Crippen LogP contribution in [0.15, 0.2) is 59.1 Å². The van der Waals surface area contributed by atoms with Crippen molar-refractivity contribution in [3.05, 3.63) is 71.9 Å². The van der Waals surface area contributed by atoms with E-state index in [1.165, 1.54) is 0 Å². The molecule has 0 spiro atoms. The van der Waals surface area contributed by atoms with Gasteiger partial charge in [-0.05, 0) is 30.7 Å². The normalized spacial score (nSPS) is 17.2. The second-order valence-electron chi connectivity index (χ2n) is 6.50. The molecule has 3 heterocycles. The Balaban J connectivity index is 1.58. The molecule has 0 saturated carbocycles. The summed E-state index contributed by atoms with van der Waals surface area (Å²) in [5.41, 5.74) is 2.66. The summed E-state index contributed by atoms with van der Waals surface area (Å²) in [5, 5.41) is 10.1. The molecule has 1 saturated heterocycles. The topological polar surface area (TPSA) is 66.0 Å². The minimum absolute atomic E-state index is 0.257. The Morgan fingerprint density at radius 2 is 1.88 bits per heavy atom. The van der Waals surface area contributed by atoms with Crippen molar-refractivity contribution in [3.63, 3.8) is 0 Å². The Morgan fingerprint density at radius 1 is 1.04 bits per heavy atom. The lowest BCUT2D eigenvalue weighted by atomic mass is 10.1. The lowest BCUT2D eigenvalue weighted by Crippen LogP contribution is -2.04. The molecule has 6 heteroatoms. The van der Waals surface area contributed by atoms with Crippen molar-refractivity contribution in [1.82, 2.24) is 19.9 Å². The van der Waals surface area contributed by atoms with E-state index in [1.807, 2.05) is 59.3 Å². The van der Waals surface area contributed by atoms with E-state index >= 15 is 0 Å². The molecule has 0 aliphatic carbocycles. The van der Waals surface area contributed by atoms with E-state index in [-0.39, 0.29) is 5.92 Å². The molecule has 26 heavy (non-hydrogen) atoms. The zero-order chi connectivity index (χ0) is 17.3. The van der Waals surface area contributed by atoms with Gasteiger partial charge in [-0.3, -0.25) is 0 Å². The van der Waals surface area contributed by atoms with Crippen LogP contribution in [-0.4, -0.2) is 33.1 Å². The number of fused-ring (bicyclic) bond motifs is 1. The first-order valence-electron chi connectivity index (χ1n) is 8.81. The molecule has 6 nitrogen and oxygen atoms in total. The van der Waals surface area contributed by atoms with Gasteiger partial charge in [0.25, 0.3) is 0 Å². The van der Waals surface area contributed by atoms with Crippen molar-refractivity contribution in [2.45, 2.75) is 18.8 Å². The molecule has 2 aromatic heterocycles. The Labute approximate surface area is 150 Å². The summed E-state index contributed by atoms with van der Waals surface area (Å²) in [6, 6.07) is 18.0. The zero-order valence-electron chi connectivity index (χ0n) is 14.2. The largest absolute Gasteiger partial charge is 0.381 e. The first-order valence-corrected chi connectivity index (χ1v) is 8.81. The standard InChI is InChI=1S/C20H18N4O2/c1-2-6-15(7-3-1)24-19(21-20(22-24)14-10-11-25-13-14)12-17-16-8-4-5-9-18(16)26-23-17/h1-9,14H,10-13H2/t14-/m1/s1. The number of rotatable bonds is 4. The van der Waals surface area contributed by atoms with Gasteiger partial charge in [0.05, 0.1) is 24.4 Å². The first kappa shape index (κ1) is 15.3. The Morgan fingerprint density at radius 3 is 2.73 bits per heavy atom. The van der Waals surface area contributed by atoms with Crippen LogP contribution in [0.3, 0.4) is 0 Å². The summed E-state index contributed by atoms with van der Waals surface area (Å²) in [7, 11) is 0. The smallest absolute Gasteiger partial charge is 0.167 e. The third kappa shape index (κ3) is 2.68. The first-order chi connectivity index (χ1) is 12.9. The molecule has 0 amide bonds. The van der Waals surface area contributed by atoms with Crippen LogP contribution in [0.4, 0.5) is 0 Å². The number of benzene rings is 2. The molecule has 0 radical (unpaired) electrons. The van der Waals surface area contributed by atoms with E-state index in [1.54, 1.807) is 0 Å². The van der Waals surface area contributed by atoms with Crippen LogP contribution in [0.2, 0.25) is 0 Å². The van der Waals surface area contributed by atoms with Crippen molar-refractivity contribution in [2.75, 3.05) is 13.2 Å². The number of ether oxygens (including phenoxy) is 1. The van der Waals surface area contributed by atoms with Crippen molar-refractivity contribution in [2.24, 2.45) is 0 Å². The van der Waals surface area contributed by atoms with Crippen molar-refractivity contribution in [1.29, 1.82) is 0 Å². The highest BCUT2D eigenvalue weighted by molar-refractivity contribution is 5.79. The van der Waals surface area contributed by atoms with E-state index in [2.05, 4.69) is 5.16 Å². The van der Waals surface area contributed by atoms with Gasteiger partial charge in [-0.1, -0.05) is 35.5 Å². The van der Waals surface area contributed by atoms with Gasteiger partial charge >= 0.3 is 0 Å². The summed E-state index contributed by atoms with van der Waals surface area (Å²) in [4.78, 5) is 4.84. The van der Waals surface area contributed by atoms with Crippen molar-refractivity contribution >= 4 is 11.0 Å². The lowest BCUT2D eigenvalue weighted by Gasteiger charge is -2.04. The highest BCUT2D eigenvalue weighted by Gasteiger charge is 2.24. The summed E-state index contributed by atoms with van der Waals surface area (Å²) in [6.07, 6.45) is 1.53. The molecule has 0 bridgehead atoms. The number of para-hydroxylation sites is 2. The predicted molar refractivity (Wildman–Crippen MR) is 96.4 cm³/mol. The highest BCUT2D eigenvalue weighted by atomic mass is 16.5. The summed E-state index contributed by atoms with van der Waals surface area (Å²) < 4.78 is 12.9. The van der Waals surface area contributed by atoms with Crippen LogP contribution >= 0.6 is 0 Å². The van der Waals surface area contributed by atoms with Gasteiger partial charge in [-0.25, -0.2) is 9.67 Å². The molecule has 130 valence electrons. The summed E-state index contributed by atoms with van der Waals surface area (Å²) in [5.74, 6) is 1.96. The van der Waals surface area contributed by atoms with Gasteiger partial charge in [-0.15, -0.1) is 0 Å². The van der Waals surface area contributed by atoms with Crippen LogP contribution in [-0.2, 0) is 11.2 Å². The molecule has 1 aliphatic heterocycles. The van der Waals surface area contributed by atoms with Crippen molar-refractivity contribution < 1.29 is 9.26 Å². The van der Waals surface area contributed by atoms with Crippen molar-refractivity contribution in [3.8, 4) is 5.69 Å². The molecule has 1 atom stereocenters. The molecule has 1 fully saturated rings. The molecule has 5 rings (SSSR count). The van der Waals surface area contributed by atoms with Gasteiger partial charge in [0.1, 0.15) is 5.82 Å². The molecular weight excluding hydrogens is 328 g/mol. The minimum atomic E-state index is 0.257. The quantitative estimate of drug-likeness (QED) is 0.566. The average Bonchev–Trinajstić information content (AvgIpc) is 3.43. The maximum atomic E-state index is 5.51. The monoisotopic (exact) mass is 346 g/mol. The maximum Gasteiger partial charge on any atom is 0.167 e. The van der Waals surface area contributed by atoms with E-state index in [9.17, 15) is 0 Å². The second kappa shape index (κ2) is 6.38.